The number of carbonyl (C=O) groups is 1. The Balaban J connectivity index is 1.70. The summed E-state index contributed by atoms with van der Waals surface area (Å²) in [5.41, 5.74) is 1.92. The molecule has 30 heavy (non-hydrogen) atoms. The molecule has 1 amide bonds. The average Bonchev–Trinajstić information content (AvgIpc) is 2.79. The van der Waals surface area contributed by atoms with Crippen molar-refractivity contribution in [1.82, 2.24) is 5.32 Å². The Morgan fingerprint density at radius 3 is 2.20 bits per heavy atom. The predicted octanol–water partition coefficient (Wildman–Crippen LogP) is 4.39. The van der Waals surface area contributed by atoms with Crippen LogP contribution < -0.4 is 19.5 Å². The lowest BCUT2D eigenvalue weighted by Crippen LogP contribution is -2.26. The summed E-state index contributed by atoms with van der Waals surface area (Å²) in [6.45, 7) is 0.637. The molecule has 0 radical (unpaired) electrons. The number of benzene rings is 3. The Labute approximate surface area is 175 Å². The highest BCUT2D eigenvalue weighted by atomic mass is 19.1. The predicted molar refractivity (Wildman–Crippen MR) is 113 cm³/mol. The van der Waals surface area contributed by atoms with Crippen LogP contribution >= 0.6 is 0 Å². The monoisotopic (exact) mass is 409 g/mol. The smallest absolute Gasteiger partial charge is 0.251 e. The van der Waals surface area contributed by atoms with Gasteiger partial charge >= 0.3 is 0 Å². The van der Waals surface area contributed by atoms with Crippen molar-refractivity contribution in [1.29, 1.82) is 0 Å². The maximum absolute atomic E-state index is 13.7. The molecule has 3 aromatic rings. The fraction of sp³-hybridized carbons (Fsp3) is 0.208. The van der Waals surface area contributed by atoms with Crippen LogP contribution in [0.3, 0.4) is 0 Å². The number of ether oxygens (including phenoxy) is 3. The summed E-state index contributed by atoms with van der Waals surface area (Å²) in [7, 11) is 3.01. The lowest BCUT2D eigenvalue weighted by atomic mass is 10.1. The van der Waals surface area contributed by atoms with Gasteiger partial charge in [-0.05, 0) is 35.7 Å². The number of carbonyl (C=O) groups excluding carboxylic acids is 1. The van der Waals surface area contributed by atoms with E-state index in [1.165, 1.54) is 20.3 Å². The number of rotatable bonds is 9. The lowest BCUT2D eigenvalue weighted by Gasteiger charge is -2.16. The Hall–Kier alpha value is -3.54. The Bertz CT molecular complexity index is 967. The van der Waals surface area contributed by atoms with Crippen LogP contribution in [-0.4, -0.2) is 26.7 Å². The van der Waals surface area contributed by atoms with Crippen LogP contribution in [0.5, 0.6) is 17.2 Å². The summed E-state index contributed by atoms with van der Waals surface area (Å²) in [4.78, 5) is 12.6. The first kappa shape index (κ1) is 21.2. The van der Waals surface area contributed by atoms with Gasteiger partial charge in [-0.2, -0.15) is 0 Å². The van der Waals surface area contributed by atoms with Gasteiger partial charge in [0.2, 0.25) is 5.75 Å². The van der Waals surface area contributed by atoms with Crippen LogP contribution in [0.1, 0.15) is 21.5 Å². The zero-order valence-corrected chi connectivity index (χ0v) is 17.0. The second-order valence-electron chi connectivity index (χ2n) is 6.58. The highest BCUT2D eigenvalue weighted by Gasteiger charge is 2.18. The fourth-order valence-corrected chi connectivity index (χ4v) is 3.00. The molecule has 0 aliphatic rings. The van der Waals surface area contributed by atoms with E-state index < -0.39 is 0 Å². The minimum Gasteiger partial charge on any atom is -0.493 e. The number of hydrogen-bond acceptors (Lipinski definition) is 4. The summed E-state index contributed by atoms with van der Waals surface area (Å²) >= 11 is 0. The molecule has 0 aliphatic carbocycles. The molecule has 5 nitrogen and oxygen atoms in total. The Morgan fingerprint density at radius 1 is 0.933 bits per heavy atom. The number of nitrogens with one attached hydrogen (secondary N) is 1. The highest BCUT2D eigenvalue weighted by Crippen LogP contribution is 2.39. The van der Waals surface area contributed by atoms with Gasteiger partial charge in [0.25, 0.3) is 5.91 Å². The maximum Gasteiger partial charge on any atom is 0.251 e. The third-order valence-electron chi connectivity index (χ3n) is 4.59. The molecule has 3 rings (SSSR count). The molecule has 0 saturated heterocycles. The highest BCUT2D eigenvalue weighted by molar-refractivity contribution is 5.95. The average molecular weight is 409 g/mol. The Kier molecular flexibility index (Phi) is 7.27. The van der Waals surface area contributed by atoms with Gasteiger partial charge in [0.1, 0.15) is 12.4 Å². The molecule has 0 aromatic heterocycles. The van der Waals surface area contributed by atoms with E-state index in [2.05, 4.69) is 5.32 Å². The molecule has 0 aliphatic heterocycles. The number of amides is 1. The molecule has 0 heterocycles. The third-order valence-corrected chi connectivity index (χ3v) is 4.59. The number of halogens is 1. The SMILES string of the molecule is COc1cc(C(=O)NCCc2ccccc2F)cc(OC)c1OCc1ccccc1. The van der Waals surface area contributed by atoms with Gasteiger partial charge in [-0.3, -0.25) is 4.79 Å². The molecule has 0 atom stereocenters. The first-order valence-electron chi connectivity index (χ1n) is 9.56. The summed E-state index contributed by atoms with van der Waals surface area (Å²) in [6.07, 6.45) is 0.394. The summed E-state index contributed by atoms with van der Waals surface area (Å²) in [5, 5.41) is 2.80. The van der Waals surface area contributed by atoms with Crippen LogP contribution in [0, 0.1) is 5.82 Å². The van der Waals surface area contributed by atoms with E-state index in [0.717, 1.165) is 5.56 Å². The first-order valence-corrected chi connectivity index (χ1v) is 9.56. The van der Waals surface area contributed by atoms with E-state index in [9.17, 15) is 9.18 Å². The molecule has 3 aromatic carbocycles. The molecule has 0 bridgehead atoms. The van der Waals surface area contributed by atoms with Gasteiger partial charge in [0.05, 0.1) is 14.2 Å². The van der Waals surface area contributed by atoms with Crippen molar-refractivity contribution in [3.05, 3.63) is 89.2 Å². The van der Waals surface area contributed by atoms with E-state index in [0.29, 0.717) is 47.9 Å². The molecule has 0 saturated carbocycles. The van der Waals surface area contributed by atoms with Crippen LogP contribution in [0.4, 0.5) is 4.39 Å². The minimum absolute atomic E-state index is 0.282. The van der Waals surface area contributed by atoms with E-state index >= 15 is 0 Å². The van der Waals surface area contributed by atoms with Crippen LogP contribution in [0.2, 0.25) is 0 Å². The molecule has 0 spiro atoms. The number of methoxy groups -OCH3 is 2. The van der Waals surface area contributed by atoms with Crippen LogP contribution in [0.25, 0.3) is 0 Å². The summed E-state index contributed by atoms with van der Waals surface area (Å²) < 4.78 is 30.5. The van der Waals surface area contributed by atoms with Gasteiger partial charge in [-0.1, -0.05) is 48.5 Å². The van der Waals surface area contributed by atoms with Gasteiger partial charge in [-0.25, -0.2) is 4.39 Å². The Morgan fingerprint density at radius 2 is 1.57 bits per heavy atom. The van der Waals surface area contributed by atoms with Gasteiger partial charge in [0.15, 0.2) is 11.5 Å². The third kappa shape index (κ3) is 5.29. The summed E-state index contributed by atoms with van der Waals surface area (Å²) in [6, 6.07) is 19.4. The van der Waals surface area contributed by atoms with Crippen molar-refractivity contribution in [2.24, 2.45) is 0 Å². The van der Waals surface area contributed by atoms with Gasteiger partial charge in [0, 0.05) is 12.1 Å². The topological polar surface area (TPSA) is 56.8 Å². The molecule has 0 fully saturated rings. The van der Waals surface area contributed by atoms with Crippen molar-refractivity contribution < 1.29 is 23.4 Å². The number of hydrogen-bond donors (Lipinski definition) is 1. The molecule has 156 valence electrons. The van der Waals surface area contributed by atoms with Crippen molar-refractivity contribution >= 4 is 5.91 Å². The fourth-order valence-electron chi connectivity index (χ4n) is 3.00. The van der Waals surface area contributed by atoms with E-state index in [4.69, 9.17) is 14.2 Å². The van der Waals surface area contributed by atoms with Crippen molar-refractivity contribution in [3.63, 3.8) is 0 Å². The largest absolute Gasteiger partial charge is 0.493 e. The first-order chi connectivity index (χ1) is 14.6. The molecular formula is C24H24FNO4. The normalized spacial score (nSPS) is 10.4. The van der Waals surface area contributed by atoms with Crippen molar-refractivity contribution in [2.75, 3.05) is 20.8 Å². The molecule has 1 N–H and O–H groups in total. The van der Waals surface area contributed by atoms with E-state index in [1.807, 2.05) is 30.3 Å². The van der Waals surface area contributed by atoms with Gasteiger partial charge < -0.3 is 19.5 Å². The molecular weight excluding hydrogens is 385 g/mol. The van der Waals surface area contributed by atoms with Crippen LogP contribution in [0.15, 0.2) is 66.7 Å². The summed E-state index contributed by atoms with van der Waals surface area (Å²) in [5.74, 6) is 0.619. The van der Waals surface area contributed by atoms with Crippen LogP contribution in [-0.2, 0) is 13.0 Å². The molecule has 0 unspecified atom stereocenters. The zero-order chi connectivity index (χ0) is 21.3. The zero-order valence-electron chi connectivity index (χ0n) is 17.0. The second kappa shape index (κ2) is 10.3. The van der Waals surface area contributed by atoms with E-state index in [-0.39, 0.29) is 11.7 Å². The molecule has 6 heteroatoms. The quantitative estimate of drug-likeness (QED) is 0.569. The van der Waals surface area contributed by atoms with Crippen molar-refractivity contribution in [3.8, 4) is 17.2 Å². The van der Waals surface area contributed by atoms with E-state index in [1.54, 1.807) is 30.3 Å². The second-order valence-corrected chi connectivity index (χ2v) is 6.58. The van der Waals surface area contributed by atoms with Crippen molar-refractivity contribution in [2.45, 2.75) is 13.0 Å². The standard InChI is InChI=1S/C24H24FNO4/c1-28-21-14-19(24(27)26-13-12-18-10-6-7-11-20(18)25)15-22(29-2)23(21)30-16-17-8-4-3-5-9-17/h3-11,14-15H,12-13,16H2,1-2H3,(H,26,27). The maximum atomic E-state index is 13.7. The lowest BCUT2D eigenvalue weighted by molar-refractivity contribution is 0.0953. The van der Waals surface area contributed by atoms with Gasteiger partial charge in [-0.15, -0.1) is 0 Å². The minimum atomic E-state index is -0.308.